The van der Waals surface area contributed by atoms with Crippen LogP contribution in [0.25, 0.3) is 11.1 Å². The fourth-order valence-corrected chi connectivity index (χ4v) is 2.47. The molecule has 1 aromatic carbocycles. The molecule has 1 heterocycles. The number of hydrogen-bond acceptors (Lipinski definition) is 5. The Morgan fingerprint density at radius 3 is 2.40 bits per heavy atom. The Balaban J connectivity index is 2.75. The van der Waals surface area contributed by atoms with Gasteiger partial charge in [-0.15, -0.1) is 0 Å². The molecule has 108 valence electrons. The maximum atomic E-state index is 12.0. The van der Waals surface area contributed by atoms with Crippen molar-refractivity contribution >= 4 is 15.7 Å². The van der Waals surface area contributed by atoms with Gasteiger partial charge in [0.25, 0.3) is 0 Å². The van der Waals surface area contributed by atoms with Gasteiger partial charge in [-0.1, -0.05) is 29.4 Å². The van der Waals surface area contributed by atoms with Crippen molar-refractivity contribution in [2.45, 2.75) is 25.5 Å². The summed E-state index contributed by atoms with van der Waals surface area (Å²) < 4.78 is 28.0. The molecule has 0 aliphatic carbocycles. The topological polar surface area (TPSA) is 86.2 Å². The normalized spacial score (nSPS) is 12.6. The molecule has 0 saturated carbocycles. The van der Waals surface area contributed by atoms with Gasteiger partial charge in [0.05, 0.1) is 5.56 Å². The lowest BCUT2D eigenvalue weighted by atomic mass is 9.96. The van der Waals surface area contributed by atoms with Gasteiger partial charge in [0.15, 0.2) is 21.4 Å². The molecule has 20 heavy (non-hydrogen) atoms. The first-order valence-electron chi connectivity index (χ1n) is 6.17. The van der Waals surface area contributed by atoms with Crippen LogP contribution in [0, 0.1) is 6.92 Å². The average molecular weight is 294 g/mol. The quantitative estimate of drug-likeness (QED) is 0.940. The van der Waals surface area contributed by atoms with E-state index >= 15 is 0 Å². The highest BCUT2D eigenvalue weighted by Gasteiger charge is 2.40. The molecule has 0 aliphatic heterocycles. The van der Waals surface area contributed by atoms with Crippen LogP contribution in [0.3, 0.4) is 0 Å². The zero-order chi connectivity index (χ0) is 15.1. The van der Waals surface area contributed by atoms with Crippen LogP contribution in [0.1, 0.15) is 25.2 Å². The van der Waals surface area contributed by atoms with Crippen LogP contribution in [0.5, 0.6) is 0 Å². The fraction of sp³-hybridized carbons (Fsp3) is 0.357. The summed E-state index contributed by atoms with van der Waals surface area (Å²) in [7, 11) is -3.37. The number of nitrogens with two attached hydrogens (primary N) is 1. The number of rotatable bonds is 3. The van der Waals surface area contributed by atoms with E-state index in [-0.39, 0.29) is 11.6 Å². The van der Waals surface area contributed by atoms with Gasteiger partial charge < -0.3 is 10.3 Å². The molecule has 0 fully saturated rings. The van der Waals surface area contributed by atoms with Gasteiger partial charge in [0, 0.05) is 6.26 Å². The van der Waals surface area contributed by atoms with Gasteiger partial charge in [0.1, 0.15) is 4.75 Å². The highest BCUT2D eigenvalue weighted by atomic mass is 32.2. The number of anilines is 1. The van der Waals surface area contributed by atoms with E-state index in [4.69, 9.17) is 10.3 Å². The number of aryl methyl sites for hydroxylation is 1. The van der Waals surface area contributed by atoms with Crippen molar-refractivity contribution in [3.05, 3.63) is 35.6 Å². The number of nitrogens with zero attached hydrogens (tertiary/aromatic N) is 1. The predicted molar refractivity (Wildman–Crippen MR) is 79.0 cm³/mol. The average Bonchev–Trinajstić information content (AvgIpc) is 2.71. The van der Waals surface area contributed by atoms with Crippen molar-refractivity contribution in [3.8, 4) is 11.1 Å². The molecule has 2 aromatic rings. The zero-order valence-corrected chi connectivity index (χ0v) is 12.8. The van der Waals surface area contributed by atoms with Crippen molar-refractivity contribution in [1.29, 1.82) is 0 Å². The molecule has 0 bridgehead atoms. The molecule has 0 saturated heterocycles. The molecule has 0 spiro atoms. The van der Waals surface area contributed by atoms with Crippen molar-refractivity contribution in [1.82, 2.24) is 5.16 Å². The molecular formula is C14H18N2O3S. The molecule has 0 atom stereocenters. The van der Waals surface area contributed by atoms with Crippen molar-refractivity contribution < 1.29 is 12.9 Å². The van der Waals surface area contributed by atoms with Gasteiger partial charge in [-0.2, -0.15) is 0 Å². The Morgan fingerprint density at radius 1 is 1.25 bits per heavy atom. The van der Waals surface area contributed by atoms with Crippen LogP contribution in [-0.4, -0.2) is 19.8 Å². The van der Waals surface area contributed by atoms with Crippen molar-refractivity contribution in [3.63, 3.8) is 0 Å². The first-order valence-corrected chi connectivity index (χ1v) is 8.06. The summed E-state index contributed by atoms with van der Waals surface area (Å²) in [6.45, 7) is 5.10. The SMILES string of the molecule is Cc1ccccc1-c1c(N)noc1C(C)(C)S(C)(=O)=O. The Bertz CT molecular complexity index is 746. The van der Waals surface area contributed by atoms with Gasteiger partial charge in [-0.3, -0.25) is 0 Å². The lowest BCUT2D eigenvalue weighted by molar-refractivity contribution is 0.357. The van der Waals surface area contributed by atoms with Crippen LogP contribution in [0.15, 0.2) is 28.8 Å². The maximum absolute atomic E-state index is 12.0. The number of hydrogen-bond donors (Lipinski definition) is 1. The summed E-state index contributed by atoms with van der Waals surface area (Å²) in [6, 6.07) is 7.58. The second-order valence-electron chi connectivity index (χ2n) is 5.37. The summed E-state index contributed by atoms with van der Waals surface area (Å²) in [5.74, 6) is 0.470. The number of sulfone groups is 1. The molecule has 0 amide bonds. The standard InChI is InChI=1S/C14H18N2O3S/c1-9-7-5-6-8-10(9)11-12(19-16-13(11)15)14(2,3)20(4,17)18/h5-8H,1-4H3,(H2,15,16). The fourth-order valence-electron chi connectivity index (χ4n) is 2.00. The Labute approximate surface area is 118 Å². The van der Waals surface area contributed by atoms with Crippen molar-refractivity contribution in [2.24, 2.45) is 0 Å². The summed E-state index contributed by atoms with van der Waals surface area (Å²) in [4.78, 5) is 0. The Kier molecular flexibility index (Phi) is 3.37. The minimum Gasteiger partial charge on any atom is -0.380 e. The molecule has 0 unspecified atom stereocenters. The van der Waals surface area contributed by atoms with Crippen LogP contribution >= 0.6 is 0 Å². The molecule has 2 rings (SSSR count). The van der Waals surface area contributed by atoms with E-state index in [2.05, 4.69) is 5.16 Å². The van der Waals surface area contributed by atoms with Gasteiger partial charge in [-0.25, -0.2) is 8.42 Å². The van der Waals surface area contributed by atoms with Crippen LogP contribution < -0.4 is 5.73 Å². The zero-order valence-electron chi connectivity index (χ0n) is 12.0. The van der Waals surface area contributed by atoms with Gasteiger partial charge in [0.2, 0.25) is 0 Å². The van der Waals surface area contributed by atoms with E-state index in [1.54, 1.807) is 13.8 Å². The summed E-state index contributed by atoms with van der Waals surface area (Å²) >= 11 is 0. The van der Waals surface area contributed by atoms with E-state index in [1.165, 1.54) is 6.26 Å². The monoisotopic (exact) mass is 294 g/mol. The predicted octanol–water partition coefficient (Wildman–Crippen LogP) is 2.51. The molecule has 0 aliphatic rings. The lowest BCUT2D eigenvalue weighted by Gasteiger charge is -2.21. The first kappa shape index (κ1) is 14.6. The molecule has 5 nitrogen and oxygen atoms in total. The minimum absolute atomic E-state index is 0.200. The summed E-state index contributed by atoms with van der Waals surface area (Å²) in [6.07, 6.45) is 1.17. The molecule has 6 heteroatoms. The van der Waals surface area contributed by atoms with Crippen LogP contribution in [0.4, 0.5) is 5.82 Å². The highest BCUT2D eigenvalue weighted by molar-refractivity contribution is 7.91. The van der Waals surface area contributed by atoms with Crippen molar-refractivity contribution in [2.75, 3.05) is 12.0 Å². The Hall–Kier alpha value is -1.82. The van der Waals surface area contributed by atoms with E-state index in [1.807, 2.05) is 31.2 Å². The molecule has 0 radical (unpaired) electrons. The number of aromatic nitrogens is 1. The smallest absolute Gasteiger partial charge is 0.175 e. The second-order valence-corrected chi connectivity index (χ2v) is 7.93. The third-order valence-electron chi connectivity index (χ3n) is 3.61. The van der Waals surface area contributed by atoms with E-state index in [9.17, 15) is 8.42 Å². The second kappa shape index (κ2) is 4.63. The Morgan fingerprint density at radius 2 is 1.85 bits per heavy atom. The third-order valence-corrected chi connectivity index (χ3v) is 5.65. The largest absolute Gasteiger partial charge is 0.380 e. The van der Waals surface area contributed by atoms with Crippen LogP contribution in [0.2, 0.25) is 0 Å². The third kappa shape index (κ3) is 2.20. The lowest BCUT2D eigenvalue weighted by Crippen LogP contribution is -2.28. The first-order chi connectivity index (χ1) is 9.16. The maximum Gasteiger partial charge on any atom is 0.175 e. The van der Waals surface area contributed by atoms with Gasteiger partial charge in [-0.05, 0) is 31.9 Å². The van der Waals surface area contributed by atoms with E-state index in [0.29, 0.717) is 5.56 Å². The van der Waals surface area contributed by atoms with Gasteiger partial charge >= 0.3 is 0 Å². The summed E-state index contributed by atoms with van der Waals surface area (Å²) in [5, 5.41) is 3.75. The number of nitrogen functional groups attached to an aromatic ring is 1. The van der Waals surface area contributed by atoms with E-state index < -0.39 is 14.6 Å². The molecule has 2 N–H and O–H groups in total. The van der Waals surface area contributed by atoms with E-state index in [0.717, 1.165) is 11.1 Å². The minimum atomic E-state index is -3.37. The molecular weight excluding hydrogens is 276 g/mol. The highest BCUT2D eigenvalue weighted by Crippen LogP contribution is 2.40. The summed E-state index contributed by atoms with van der Waals surface area (Å²) in [5.41, 5.74) is 8.25. The number of benzene rings is 1. The van der Waals surface area contributed by atoms with Crippen LogP contribution in [-0.2, 0) is 14.6 Å². The molecule has 1 aromatic heterocycles.